The lowest BCUT2D eigenvalue weighted by Gasteiger charge is -2.27. The summed E-state index contributed by atoms with van der Waals surface area (Å²) in [6.07, 6.45) is 7.98. The highest BCUT2D eigenvalue weighted by Gasteiger charge is 2.17. The third kappa shape index (κ3) is 3.65. The van der Waals surface area contributed by atoms with Crippen LogP contribution in [0.2, 0.25) is 0 Å². The van der Waals surface area contributed by atoms with Gasteiger partial charge in [0.2, 0.25) is 0 Å². The standard InChI is InChI=1S/C16H24N4O/c21-16(20-10-4-5-11-20)18-13-14-6-7-15(17-12-14)19-8-2-1-3-9-19/h6-7,12H,1-5,8-11,13H2,(H,18,21). The minimum Gasteiger partial charge on any atom is -0.357 e. The summed E-state index contributed by atoms with van der Waals surface area (Å²) >= 11 is 0. The second-order valence-electron chi connectivity index (χ2n) is 5.93. The number of rotatable bonds is 3. The van der Waals surface area contributed by atoms with E-state index >= 15 is 0 Å². The third-order valence-electron chi connectivity index (χ3n) is 4.33. The number of likely N-dealkylation sites (tertiary alicyclic amines) is 1. The second-order valence-corrected chi connectivity index (χ2v) is 5.93. The van der Waals surface area contributed by atoms with Gasteiger partial charge in [-0.05, 0) is 43.7 Å². The number of aromatic nitrogens is 1. The molecule has 2 aliphatic rings. The van der Waals surface area contributed by atoms with Gasteiger partial charge in [-0.25, -0.2) is 9.78 Å². The molecule has 0 aliphatic carbocycles. The zero-order valence-electron chi connectivity index (χ0n) is 12.6. The van der Waals surface area contributed by atoms with Crippen LogP contribution in [-0.4, -0.2) is 42.1 Å². The first-order chi connectivity index (χ1) is 10.3. The van der Waals surface area contributed by atoms with Gasteiger partial charge < -0.3 is 15.1 Å². The van der Waals surface area contributed by atoms with Crippen molar-refractivity contribution in [3.63, 3.8) is 0 Å². The van der Waals surface area contributed by atoms with Crippen LogP contribution in [0.3, 0.4) is 0 Å². The quantitative estimate of drug-likeness (QED) is 0.929. The molecule has 1 aromatic rings. The van der Waals surface area contributed by atoms with Crippen LogP contribution < -0.4 is 10.2 Å². The van der Waals surface area contributed by atoms with Gasteiger partial charge in [-0.1, -0.05) is 6.07 Å². The fourth-order valence-electron chi connectivity index (χ4n) is 3.04. The number of carbonyl (C=O) groups excluding carboxylic acids is 1. The van der Waals surface area contributed by atoms with Gasteiger partial charge in [0.15, 0.2) is 0 Å². The van der Waals surface area contributed by atoms with Crippen LogP contribution in [-0.2, 0) is 6.54 Å². The fourth-order valence-corrected chi connectivity index (χ4v) is 3.04. The molecule has 0 spiro atoms. The van der Waals surface area contributed by atoms with Gasteiger partial charge in [-0.3, -0.25) is 0 Å². The number of nitrogens with zero attached hydrogens (tertiary/aromatic N) is 3. The van der Waals surface area contributed by atoms with Crippen molar-refractivity contribution in [3.8, 4) is 0 Å². The Kier molecular flexibility index (Phi) is 4.58. The monoisotopic (exact) mass is 288 g/mol. The summed E-state index contributed by atoms with van der Waals surface area (Å²) in [6.45, 7) is 4.55. The van der Waals surface area contributed by atoms with Gasteiger partial charge >= 0.3 is 6.03 Å². The smallest absolute Gasteiger partial charge is 0.317 e. The van der Waals surface area contributed by atoms with Gasteiger partial charge in [0.05, 0.1) is 0 Å². The maximum absolute atomic E-state index is 11.9. The van der Waals surface area contributed by atoms with Gasteiger partial charge in [0, 0.05) is 38.9 Å². The van der Waals surface area contributed by atoms with E-state index in [0.717, 1.165) is 50.4 Å². The van der Waals surface area contributed by atoms with E-state index in [9.17, 15) is 4.79 Å². The summed E-state index contributed by atoms with van der Waals surface area (Å²) in [7, 11) is 0. The zero-order valence-corrected chi connectivity index (χ0v) is 12.6. The van der Waals surface area contributed by atoms with Gasteiger partial charge in [0.25, 0.3) is 0 Å². The fraction of sp³-hybridized carbons (Fsp3) is 0.625. The molecule has 1 N–H and O–H groups in total. The molecule has 0 unspecified atom stereocenters. The molecule has 0 radical (unpaired) electrons. The molecule has 5 heteroatoms. The topological polar surface area (TPSA) is 48.5 Å². The van der Waals surface area contributed by atoms with Crippen LogP contribution in [0.1, 0.15) is 37.7 Å². The van der Waals surface area contributed by atoms with Gasteiger partial charge in [-0.2, -0.15) is 0 Å². The summed E-state index contributed by atoms with van der Waals surface area (Å²) in [5.74, 6) is 1.06. The molecule has 5 nitrogen and oxygen atoms in total. The summed E-state index contributed by atoms with van der Waals surface area (Å²) in [5, 5.41) is 2.97. The number of piperidine rings is 1. The zero-order chi connectivity index (χ0) is 14.5. The maximum atomic E-state index is 11.9. The Balaban J connectivity index is 1.50. The molecule has 2 amide bonds. The molecule has 0 atom stereocenters. The predicted octanol–water partition coefficient (Wildman–Crippen LogP) is 2.38. The van der Waals surface area contributed by atoms with E-state index in [4.69, 9.17) is 0 Å². The van der Waals surface area contributed by atoms with Crippen molar-refractivity contribution in [2.24, 2.45) is 0 Å². The Bertz CT molecular complexity index is 462. The molecular formula is C16H24N4O. The van der Waals surface area contributed by atoms with Crippen LogP contribution >= 0.6 is 0 Å². The lowest BCUT2D eigenvalue weighted by molar-refractivity contribution is 0.208. The van der Waals surface area contributed by atoms with Crippen molar-refractivity contribution >= 4 is 11.8 Å². The molecular weight excluding hydrogens is 264 g/mol. The predicted molar refractivity (Wildman–Crippen MR) is 83.3 cm³/mol. The van der Waals surface area contributed by atoms with E-state index < -0.39 is 0 Å². The van der Waals surface area contributed by atoms with Crippen molar-refractivity contribution in [2.45, 2.75) is 38.6 Å². The van der Waals surface area contributed by atoms with Gasteiger partial charge in [-0.15, -0.1) is 0 Å². The lowest BCUT2D eigenvalue weighted by Crippen LogP contribution is -2.37. The van der Waals surface area contributed by atoms with Crippen molar-refractivity contribution in [2.75, 3.05) is 31.1 Å². The molecule has 21 heavy (non-hydrogen) atoms. The van der Waals surface area contributed by atoms with E-state index in [-0.39, 0.29) is 6.03 Å². The van der Waals surface area contributed by atoms with Crippen LogP contribution in [0.15, 0.2) is 18.3 Å². The van der Waals surface area contributed by atoms with Crippen molar-refractivity contribution in [1.82, 2.24) is 15.2 Å². The molecule has 0 bridgehead atoms. The first kappa shape index (κ1) is 14.2. The SMILES string of the molecule is O=C(NCc1ccc(N2CCCCC2)nc1)N1CCCC1. The van der Waals surface area contributed by atoms with Crippen molar-refractivity contribution in [1.29, 1.82) is 0 Å². The minimum atomic E-state index is 0.0487. The number of hydrogen-bond acceptors (Lipinski definition) is 3. The summed E-state index contributed by atoms with van der Waals surface area (Å²) in [5.41, 5.74) is 1.06. The molecule has 114 valence electrons. The first-order valence-corrected chi connectivity index (χ1v) is 8.05. The number of nitrogens with one attached hydrogen (secondary N) is 1. The van der Waals surface area contributed by atoms with Crippen molar-refractivity contribution < 1.29 is 4.79 Å². The number of anilines is 1. The van der Waals surface area contributed by atoms with Crippen LogP contribution in [0.5, 0.6) is 0 Å². The Morgan fingerprint density at radius 3 is 2.43 bits per heavy atom. The van der Waals surface area contributed by atoms with E-state index in [2.05, 4.69) is 27.3 Å². The maximum Gasteiger partial charge on any atom is 0.317 e. The third-order valence-corrected chi connectivity index (χ3v) is 4.33. The lowest BCUT2D eigenvalue weighted by atomic mass is 10.1. The van der Waals surface area contributed by atoms with E-state index in [1.54, 1.807) is 0 Å². The molecule has 0 saturated carbocycles. The average molecular weight is 288 g/mol. The highest BCUT2D eigenvalue weighted by Crippen LogP contribution is 2.17. The number of pyridine rings is 1. The average Bonchev–Trinajstić information content (AvgIpc) is 3.08. The Morgan fingerprint density at radius 2 is 1.76 bits per heavy atom. The Labute approximate surface area is 126 Å². The molecule has 0 aromatic carbocycles. The normalized spacial score (nSPS) is 18.9. The molecule has 2 aliphatic heterocycles. The molecule has 2 saturated heterocycles. The van der Waals surface area contributed by atoms with Crippen molar-refractivity contribution in [3.05, 3.63) is 23.9 Å². The summed E-state index contributed by atoms with van der Waals surface area (Å²) < 4.78 is 0. The largest absolute Gasteiger partial charge is 0.357 e. The number of hydrogen-bond donors (Lipinski definition) is 1. The van der Waals surface area contributed by atoms with Crippen LogP contribution in [0.25, 0.3) is 0 Å². The Morgan fingerprint density at radius 1 is 1.05 bits per heavy atom. The number of carbonyl (C=O) groups is 1. The minimum absolute atomic E-state index is 0.0487. The summed E-state index contributed by atoms with van der Waals surface area (Å²) in [4.78, 5) is 20.7. The van der Waals surface area contributed by atoms with Crippen LogP contribution in [0.4, 0.5) is 10.6 Å². The molecule has 3 rings (SSSR count). The number of amides is 2. The summed E-state index contributed by atoms with van der Waals surface area (Å²) in [6, 6.07) is 4.19. The van der Waals surface area contributed by atoms with Crippen LogP contribution in [0, 0.1) is 0 Å². The molecule has 3 heterocycles. The van der Waals surface area contributed by atoms with E-state index in [1.807, 2.05) is 11.1 Å². The first-order valence-electron chi connectivity index (χ1n) is 8.05. The highest BCUT2D eigenvalue weighted by molar-refractivity contribution is 5.74. The van der Waals surface area contributed by atoms with E-state index in [1.165, 1.54) is 19.3 Å². The molecule has 2 fully saturated rings. The second kappa shape index (κ2) is 6.78. The van der Waals surface area contributed by atoms with E-state index in [0.29, 0.717) is 6.54 Å². The molecule has 1 aromatic heterocycles. The van der Waals surface area contributed by atoms with Gasteiger partial charge in [0.1, 0.15) is 5.82 Å². The number of urea groups is 1. The highest BCUT2D eigenvalue weighted by atomic mass is 16.2. The Hall–Kier alpha value is -1.78.